The first-order valence-corrected chi connectivity index (χ1v) is 15.0. The van der Waals surface area contributed by atoms with E-state index in [-0.39, 0.29) is 30.7 Å². The van der Waals surface area contributed by atoms with Gasteiger partial charge in [-0.3, -0.25) is 14.4 Å². The number of thiazole rings is 1. The lowest BCUT2D eigenvalue weighted by atomic mass is 10.0. The van der Waals surface area contributed by atoms with E-state index in [0.29, 0.717) is 23.8 Å². The fourth-order valence-electron chi connectivity index (χ4n) is 4.75. The van der Waals surface area contributed by atoms with Crippen LogP contribution in [-0.4, -0.2) is 51.4 Å². The van der Waals surface area contributed by atoms with Crippen LogP contribution in [0.25, 0.3) is 10.4 Å². The molecule has 3 amide bonds. The highest BCUT2D eigenvalue weighted by Crippen LogP contribution is 2.29. The number of nitrogens with one attached hydrogen (secondary N) is 2. The summed E-state index contributed by atoms with van der Waals surface area (Å²) in [6.07, 6.45) is 0.377. The summed E-state index contributed by atoms with van der Waals surface area (Å²) in [5, 5.41) is 18.1. The van der Waals surface area contributed by atoms with Gasteiger partial charge in [-0.05, 0) is 54.3 Å². The molecule has 8 nitrogen and oxygen atoms in total. The van der Waals surface area contributed by atoms with E-state index in [1.54, 1.807) is 17.4 Å². The van der Waals surface area contributed by atoms with Crippen LogP contribution in [0.1, 0.15) is 60.8 Å². The molecule has 0 bridgehead atoms. The molecule has 3 heterocycles. The van der Waals surface area contributed by atoms with Crippen molar-refractivity contribution < 1.29 is 19.5 Å². The third kappa shape index (κ3) is 7.12. The van der Waals surface area contributed by atoms with Gasteiger partial charge in [-0.25, -0.2) is 4.98 Å². The molecule has 10 heteroatoms. The quantitative estimate of drug-likeness (QED) is 0.337. The van der Waals surface area contributed by atoms with Gasteiger partial charge in [0.1, 0.15) is 12.1 Å². The van der Waals surface area contributed by atoms with Crippen LogP contribution >= 0.6 is 22.7 Å². The molecular weight excluding hydrogens is 532 g/mol. The topological polar surface area (TPSA) is 112 Å². The average molecular weight is 569 g/mol. The van der Waals surface area contributed by atoms with Gasteiger partial charge in [0, 0.05) is 30.8 Å². The Balaban J connectivity index is 1.44. The number of aryl methyl sites for hydroxylation is 2. The maximum atomic E-state index is 13.7. The third-order valence-corrected chi connectivity index (χ3v) is 8.91. The van der Waals surface area contributed by atoms with Crippen molar-refractivity contribution >= 4 is 40.4 Å². The predicted molar refractivity (Wildman–Crippen MR) is 154 cm³/mol. The fourth-order valence-corrected chi connectivity index (χ4v) is 6.32. The molecule has 4 rings (SSSR count). The largest absolute Gasteiger partial charge is 0.391 e. The SMILES string of the molecule is Cc1cc(-c2scnc2C)ccc1CNC(=O)[C@@H]1C[C@@H](O)CN1C(=O)[C@@H](NC(=O)CCC(C)C)c1cccs1. The van der Waals surface area contributed by atoms with E-state index < -0.39 is 18.2 Å². The van der Waals surface area contributed by atoms with Crippen molar-refractivity contribution in [2.24, 2.45) is 5.92 Å². The molecular formula is C29H36N4O4S2. The molecule has 0 radical (unpaired) electrons. The summed E-state index contributed by atoms with van der Waals surface area (Å²) in [5.41, 5.74) is 5.92. The van der Waals surface area contributed by atoms with Gasteiger partial charge in [0.25, 0.3) is 5.91 Å². The molecule has 0 aliphatic carbocycles. The zero-order valence-electron chi connectivity index (χ0n) is 22.8. The van der Waals surface area contributed by atoms with Crippen molar-refractivity contribution in [2.45, 2.75) is 71.7 Å². The van der Waals surface area contributed by atoms with Gasteiger partial charge < -0.3 is 20.6 Å². The first-order chi connectivity index (χ1) is 18.6. The van der Waals surface area contributed by atoms with Gasteiger partial charge in [0.05, 0.1) is 22.2 Å². The number of nitrogens with zero attached hydrogens (tertiary/aromatic N) is 2. The van der Waals surface area contributed by atoms with Crippen molar-refractivity contribution in [3.05, 3.63) is 62.9 Å². The summed E-state index contributed by atoms with van der Waals surface area (Å²) in [6.45, 7) is 8.43. The predicted octanol–water partition coefficient (Wildman–Crippen LogP) is 4.36. The van der Waals surface area contributed by atoms with E-state index in [9.17, 15) is 19.5 Å². The Hall–Kier alpha value is -3.08. The Labute approximate surface area is 237 Å². The van der Waals surface area contributed by atoms with E-state index in [0.717, 1.165) is 33.7 Å². The number of β-amino-alcohol motifs (C(OH)–C–C–N with tert-alkyl or cyclic N) is 1. The number of aliphatic hydroxyl groups is 1. The maximum Gasteiger partial charge on any atom is 0.251 e. The third-order valence-electron chi connectivity index (χ3n) is 7.00. The molecule has 1 aliphatic rings. The molecule has 0 unspecified atom stereocenters. The molecule has 0 saturated carbocycles. The highest BCUT2D eigenvalue weighted by molar-refractivity contribution is 7.13. The molecule has 3 aromatic rings. The summed E-state index contributed by atoms with van der Waals surface area (Å²) in [5.74, 6) is -0.543. The highest BCUT2D eigenvalue weighted by atomic mass is 32.1. The number of thiophene rings is 1. The van der Waals surface area contributed by atoms with Crippen LogP contribution < -0.4 is 10.6 Å². The number of aliphatic hydroxyl groups excluding tert-OH is 1. The lowest BCUT2D eigenvalue weighted by Gasteiger charge is -2.28. The summed E-state index contributed by atoms with van der Waals surface area (Å²) >= 11 is 2.97. The van der Waals surface area contributed by atoms with Gasteiger partial charge in [-0.15, -0.1) is 22.7 Å². The summed E-state index contributed by atoms with van der Waals surface area (Å²) in [4.78, 5) is 47.2. The van der Waals surface area contributed by atoms with Crippen LogP contribution in [0.15, 0.2) is 41.2 Å². The van der Waals surface area contributed by atoms with Gasteiger partial charge in [0.2, 0.25) is 11.8 Å². The van der Waals surface area contributed by atoms with E-state index in [2.05, 4.69) is 21.7 Å². The minimum atomic E-state index is -0.893. The second-order valence-electron chi connectivity index (χ2n) is 10.5. The molecule has 1 saturated heterocycles. The zero-order chi connectivity index (χ0) is 28.1. The molecule has 1 fully saturated rings. The van der Waals surface area contributed by atoms with Crippen LogP contribution in [0.4, 0.5) is 0 Å². The van der Waals surface area contributed by atoms with Crippen LogP contribution in [0.5, 0.6) is 0 Å². The Bertz CT molecular complexity index is 1300. The standard InChI is InChI=1S/C29H36N4O4S2/c1-17(2)7-10-25(35)32-26(24-6-5-11-38-24)29(37)33-15-22(34)13-23(33)28(36)30-14-21-9-8-20(12-18(21)3)27-19(4)31-16-39-27/h5-6,8-9,11-12,16-17,22-23,26,34H,7,10,13-15H2,1-4H3,(H,30,36)(H,32,35)/t22-,23+,26+/m1/s1. The maximum absolute atomic E-state index is 13.7. The normalized spacial score (nSPS) is 17.8. The van der Waals surface area contributed by atoms with Crippen molar-refractivity contribution in [1.29, 1.82) is 0 Å². The van der Waals surface area contributed by atoms with Gasteiger partial charge in [-0.2, -0.15) is 0 Å². The number of aromatic nitrogens is 1. The summed E-state index contributed by atoms with van der Waals surface area (Å²) in [6, 6.07) is 8.03. The first kappa shape index (κ1) is 28.9. The van der Waals surface area contributed by atoms with Crippen molar-refractivity contribution in [3.8, 4) is 10.4 Å². The number of benzene rings is 1. The second kappa shape index (κ2) is 12.8. The van der Waals surface area contributed by atoms with Crippen molar-refractivity contribution in [2.75, 3.05) is 6.54 Å². The number of hydrogen-bond donors (Lipinski definition) is 3. The Morgan fingerprint density at radius 2 is 1.97 bits per heavy atom. The molecule has 208 valence electrons. The monoisotopic (exact) mass is 568 g/mol. The van der Waals surface area contributed by atoms with Crippen LogP contribution in [0, 0.1) is 19.8 Å². The number of hydrogen-bond acceptors (Lipinski definition) is 7. The summed E-state index contributed by atoms with van der Waals surface area (Å²) in [7, 11) is 0. The van der Waals surface area contributed by atoms with E-state index in [1.807, 2.05) is 56.8 Å². The number of carbonyl (C=O) groups is 3. The minimum absolute atomic E-state index is 0.0442. The number of likely N-dealkylation sites (tertiary alicyclic amines) is 1. The molecule has 3 atom stereocenters. The lowest BCUT2D eigenvalue weighted by molar-refractivity contribution is -0.141. The molecule has 0 spiro atoms. The van der Waals surface area contributed by atoms with Crippen LogP contribution in [0.3, 0.4) is 0 Å². The Morgan fingerprint density at radius 1 is 1.18 bits per heavy atom. The molecule has 1 aromatic carbocycles. The van der Waals surface area contributed by atoms with Crippen LogP contribution in [-0.2, 0) is 20.9 Å². The number of carbonyl (C=O) groups excluding carboxylic acids is 3. The van der Waals surface area contributed by atoms with Gasteiger partial charge >= 0.3 is 0 Å². The molecule has 2 aromatic heterocycles. The van der Waals surface area contributed by atoms with E-state index >= 15 is 0 Å². The van der Waals surface area contributed by atoms with Crippen LogP contribution in [0.2, 0.25) is 0 Å². The fraction of sp³-hybridized carbons (Fsp3) is 0.448. The number of amides is 3. The molecule has 39 heavy (non-hydrogen) atoms. The molecule has 1 aliphatic heterocycles. The van der Waals surface area contributed by atoms with E-state index in [4.69, 9.17) is 0 Å². The Kier molecular flexibility index (Phi) is 9.53. The average Bonchev–Trinajstić information content (AvgIpc) is 3.66. The zero-order valence-corrected chi connectivity index (χ0v) is 24.4. The van der Waals surface area contributed by atoms with Crippen molar-refractivity contribution in [1.82, 2.24) is 20.5 Å². The van der Waals surface area contributed by atoms with Gasteiger partial charge in [0.15, 0.2) is 0 Å². The van der Waals surface area contributed by atoms with E-state index in [1.165, 1.54) is 16.2 Å². The summed E-state index contributed by atoms with van der Waals surface area (Å²) < 4.78 is 0. The number of rotatable bonds is 10. The van der Waals surface area contributed by atoms with Crippen molar-refractivity contribution in [3.63, 3.8) is 0 Å². The smallest absolute Gasteiger partial charge is 0.251 e. The molecule has 3 N–H and O–H groups in total. The Morgan fingerprint density at radius 3 is 2.62 bits per heavy atom. The minimum Gasteiger partial charge on any atom is -0.391 e. The first-order valence-electron chi connectivity index (χ1n) is 13.2. The van der Waals surface area contributed by atoms with Gasteiger partial charge in [-0.1, -0.05) is 38.1 Å². The lowest BCUT2D eigenvalue weighted by Crippen LogP contribution is -2.50. The highest BCUT2D eigenvalue weighted by Gasteiger charge is 2.42. The second-order valence-corrected chi connectivity index (χ2v) is 12.3.